The van der Waals surface area contributed by atoms with Crippen molar-refractivity contribution in [1.29, 1.82) is 0 Å². The lowest BCUT2D eigenvalue weighted by Gasteiger charge is -2.19. The molecule has 0 unspecified atom stereocenters. The maximum absolute atomic E-state index is 10.3. The molecular formula is C8H16N2O2S. The van der Waals surface area contributed by atoms with Gasteiger partial charge in [-0.2, -0.15) is 0 Å². The third kappa shape index (κ3) is 7.67. The molecule has 0 radical (unpaired) electrons. The highest BCUT2D eigenvalue weighted by molar-refractivity contribution is 7.80. The first-order valence-electron chi connectivity index (χ1n) is 4.28. The van der Waals surface area contributed by atoms with Crippen molar-refractivity contribution in [3.63, 3.8) is 0 Å². The van der Waals surface area contributed by atoms with E-state index in [4.69, 9.17) is 23.1 Å². The fourth-order valence-electron chi connectivity index (χ4n) is 1.06. The number of hydrogen-bond donors (Lipinski definition) is 2. The predicted octanol–water partition coefficient (Wildman–Crippen LogP) is 0.459. The Balaban J connectivity index is 3.79. The minimum Gasteiger partial charge on any atom is -0.481 e. The zero-order chi connectivity index (χ0) is 10.3. The second-order valence-electron chi connectivity index (χ2n) is 2.89. The largest absolute Gasteiger partial charge is 0.481 e. The number of nitrogens with two attached hydrogens (primary N) is 1. The zero-order valence-electron chi connectivity index (χ0n) is 7.82. The molecule has 0 aliphatic heterocycles. The van der Waals surface area contributed by atoms with Gasteiger partial charge in [0.15, 0.2) is 0 Å². The minimum atomic E-state index is -0.788. The summed E-state index contributed by atoms with van der Waals surface area (Å²) in [7, 11) is 0. The summed E-state index contributed by atoms with van der Waals surface area (Å²) < 4.78 is 0. The molecule has 5 heteroatoms. The van der Waals surface area contributed by atoms with Crippen LogP contribution in [0.5, 0.6) is 0 Å². The van der Waals surface area contributed by atoms with Gasteiger partial charge in [-0.1, -0.05) is 19.1 Å². The van der Waals surface area contributed by atoms with Gasteiger partial charge in [0.1, 0.15) is 0 Å². The molecular weight excluding hydrogens is 188 g/mol. The Morgan fingerprint density at radius 3 is 2.54 bits per heavy atom. The SMILES string of the molecule is CCCN(CCC(=O)O)CC(N)=S. The summed E-state index contributed by atoms with van der Waals surface area (Å²) in [5, 5.41) is 8.47. The van der Waals surface area contributed by atoms with Crippen molar-refractivity contribution in [3.8, 4) is 0 Å². The third-order valence-electron chi connectivity index (χ3n) is 1.56. The molecule has 0 rings (SSSR count). The lowest BCUT2D eigenvalue weighted by molar-refractivity contribution is -0.137. The van der Waals surface area contributed by atoms with Gasteiger partial charge in [0.25, 0.3) is 0 Å². The van der Waals surface area contributed by atoms with E-state index in [9.17, 15) is 4.79 Å². The van der Waals surface area contributed by atoms with Crippen molar-refractivity contribution >= 4 is 23.2 Å². The van der Waals surface area contributed by atoms with Crippen LogP contribution < -0.4 is 5.73 Å². The van der Waals surface area contributed by atoms with Gasteiger partial charge >= 0.3 is 5.97 Å². The van der Waals surface area contributed by atoms with Crippen LogP contribution in [0.15, 0.2) is 0 Å². The van der Waals surface area contributed by atoms with Gasteiger partial charge in [-0.25, -0.2) is 0 Å². The van der Waals surface area contributed by atoms with E-state index in [0.717, 1.165) is 13.0 Å². The smallest absolute Gasteiger partial charge is 0.304 e. The number of carboxylic acids is 1. The van der Waals surface area contributed by atoms with Crippen LogP contribution in [0, 0.1) is 0 Å². The molecule has 0 saturated carbocycles. The molecule has 4 nitrogen and oxygen atoms in total. The summed E-state index contributed by atoms with van der Waals surface area (Å²) >= 11 is 4.75. The Morgan fingerprint density at radius 1 is 1.54 bits per heavy atom. The van der Waals surface area contributed by atoms with E-state index in [0.29, 0.717) is 18.1 Å². The first-order chi connectivity index (χ1) is 6.06. The van der Waals surface area contributed by atoms with Crippen LogP contribution in [0.2, 0.25) is 0 Å². The Morgan fingerprint density at radius 2 is 2.15 bits per heavy atom. The molecule has 0 heterocycles. The van der Waals surface area contributed by atoms with Crippen LogP contribution in [0.4, 0.5) is 0 Å². The van der Waals surface area contributed by atoms with Crippen molar-refractivity contribution in [2.24, 2.45) is 5.73 Å². The van der Waals surface area contributed by atoms with Gasteiger partial charge in [-0.05, 0) is 13.0 Å². The summed E-state index contributed by atoms with van der Waals surface area (Å²) in [4.78, 5) is 12.7. The Kier molecular flexibility index (Phi) is 6.44. The first-order valence-corrected chi connectivity index (χ1v) is 4.69. The van der Waals surface area contributed by atoms with Gasteiger partial charge in [-0.3, -0.25) is 9.69 Å². The molecule has 76 valence electrons. The standard InChI is InChI=1S/C8H16N2O2S/c1-2-4-10(6-7(9)13)5-3-8(11)12/h2-6H2,1H3,(H2,9,13)(H,11,12). The molecule has 0 aromatic rings. The van der Waals surface area contributed by atoms with Gasteiger partial charge in [0, 0.05) is 13.1 Å². The third-order valence-corrected chi connectivity index (χ3v) is 1.69. The molecule has 13 heavy (non-hydrogen) atoms. The average molecular weight is 204 g/mol. The lowest BCUT2D eigenvalue weighted by atomic mass is 10.3. The van der Waals surface area contributed by atoms with E-state index < -0.39 is 5.97 Å². The number of hydrogen-bond acceptors (Lipinski definition) is 3. The fraction of sp³-hybridized carbons (Fsp3) is 0.750. The van der Waals surface area contributed by atoms with Crippen LogP contribution in [0.3, 0.4) is 0 Å². The normalized spacial score (nSPS) is 10.3. The zero-order valence-corrected chi connectivity index (χ0v) is 8.64. The summed E-state index contributed by atoms with van der Waals surface area (Å²) in [5.41, 5.74) is 5.37. The highest BCUT2D eigenvalue weighted by Gasteiger charge is 2.06. The van der Waals surface area contributed by atoms with E-state index in [-0.39, 0.29) is 6.42 Å². The van der Waals surface area contributed by atoms with Gasteiger partial charge in [-0.15, -0.1) is 0 Å². The monoisotopic (exact) mass is 204 g/mol. The van der Waals surface area contributed by atoms with Crippen LogP contribution in [0.1, 0.15) is 19.8 Å². The summed E-state index contributed by atoms with van der Waals surface area (Å²) in [6.07, 6.45) is 1.12. The van der Waals surface area contributed by atoms with Crippen LogP contribution in [-0.2, 0) is 4.79 Å². The summed E-state index contributed by atoms with van der Waals surface area (Å²) in [5.74, 6) is -0.788. The van der Waals surface area contributed by atoms with E-state index >= 15 is 0 Å². The molecule has 0 saturated heterocycles. The van der Waals surface area contributed by atoms with E-state index in [2.05, 4.69) is 0 Å². The maximum Gasteiger partial charge on any atom is 0.304 e. The van der Waals surface area contributed by atoms with Crippen molar-refractivity contribution in [2.75, 3.05) is 19.6 Å². The second-order valence-corrected chi connectivity index (χ2v) is 3.41. The topological polar surface area (TPSA) is 66.6 Å². The Bertz CT molecular complexity index is 185. The molecule has 0 aromatic heterocycles. The fourth-order valence-corrected chi connectivity index (χ4v) is 1.24. The second kappa shape index (κ2) is 6.80. The molecule has 0 amide bonds. The van der Waals surface area contributed by atoms with Crippen molar-refractivity contribution in [1.82, 2.24) is 4.90 Å². The van der Waals surface area contributed by atoms with E-state index in [1.165, 1.54) is 0 Å². The molecule has 3 N–H and O–H groups in total. The number of nitrogens with zero attached hydrogens (tertiary/aromatic N) is 1. The van der Waals surface area contributed by atoms with E-state index in [1.54, 1.807) is 0 Å². The van der Waals surface area contributed by atoms with Crippen molar-refractivity contribution < 1.29 is 9.90 Å². The van der Waals surface area contributed by atoms with Crippen LogP contribution in [0.25, 0.3) is 0 Å². The van der Waals surface area contributed by atoms with Gasteiger partial charge in [0.05, 0.1) is 11.4 Å². The number of carboxylic acid groups (broad SMARTS) is 1. The summed E-state index contributed by atoms with van der Waals surface area (Å²) in [6, 6.07) is 0. The predicted molar refractivity (Wildman–Crippen MR) is 55.8 cm³/mol. The van der Waals surface area contributed by atoms with Gasteiger partial charge in [0.2, 0.25) is 0 Å². The number of carbonyl (C=O) groups is 1. The van der Waals surface area contributed by atoms with Gasteiger partial charge < -0.3 is 10.8 Å². The summed E-state index contributed by atoms with van der Waals surface area (Å²) in [6.45, 7) is 3.90. The molecule has 0 aromatic carbocycles. The lowest BCUT2D eigenvalue weighted by Crippen LogP contribution is -2.34. The van der Waals surface area contributed by atoms with Crippen LogP contribution in [-0.4, -0.2) is 40.6 Å². The molecule has 0 spiro atoms. The van der Waals surface area contributed by atoms with E-state index in [1.807, 2.05) is 11.8 Å². The molecule has 0 atom stereocenters. The van der Waals surface area contributed by atoms with Crippen molar-refractivity contribution in [2.45, 2.75) is 19.8 Å². The maximum atomic E-state index is 10.3. The molecule has 0 aliphatic carbocycles. The quantitative estimate of drug-likeness (QED) is 0.590. The first kappa shape index (κ1) is 12.3. The number of rotatable bonds is 7. The van der Waals surface area contributed by atoms with Crippen molar-refractivity contribution in [3.05, 3.63) is 0 Å². The highest BCUT2D eigenvalue weighted by Crippen LogP contribution is 1.94. The molecule has 0 aliphatic rings. The molecule has 0 bridgehead atoms. The highest BCUT2D eigenvalue weighted by atomic mass is 32.1. The average Bonchev–Trinajstić information content (AvgIpc) is 1.99. The number of aliphatic carboxylic acids is 1. The Labute approximate surface area is 83.7 Å². The molecule has 0 fully saturated rings. The Hall–Kier alpha value is -0.680. The number of thiocarbonyl (C=S) groups is 1. The minimum absolute atomic E-state index is 0.141. The van der Waals surface area contributed by atoms with Crippen LogP contribution >= 0.6 is 12.2 Å².